The standard InChI is InChI=1S/C22H15Cl2FN4O3/c23-12-1-3-15(24)17(9-12)29-21(31)11-20(30)28-13-2-4-19(16(25)10-13)32-18-6-8-27-22-14(18)5-7-26-22/h1-10H,11H2,(H,26,27)(H,28,30)(H,29,31). The molecule has 0 radical (unpaired) electrons. The van der Waals surface area contributed by atoms with Gasteiger partial charge in [0.15, 0.2) is 11.6 Å². The number of pyridine rings is 1. The topological polar surface area (TPSA) is 96.1 Å². The number of nitrogens with one attached hydrogen (secondary N) is 3. The molecular weight excluding hydrogens is 458 g/mol. The highest BCUT2D eigenvalue weighted by Crippen LogP contribution is 2.31. The molecule has 162 valence electrons. The van der Waals surface area contributed by atoms with Gasteiger partial charge in [-0.15, -0.1) is 0 Å². The minimum absolute atomic E-state index is 0.0231. The van der Waals surface area contributed by atoms with E-state index in [0.717, 1.165) is 6.07 Å². The summed E-state index contributed by atoms with van der Waals surface area (Å²) in [7, 11) is 0. The summed E-state index contributed by atoms with van der Waals surface area (Å²) in [5.41, 5.74) is 1.08. The number of aromatic amines is 1. The van der Waals surface area contributed by atoms with Crippen molar-refractivity contribution in [3.63, 3.8) is 0 Å². The van der Waals surface area contributed by atoms with Gasteiger partial charge in [-0.1, -0.05) is 23.2 Å². The molecule has 2 aromatic carbocycles. The van der Waals surface area contributed by atoms with Crippen molar-refractivity contribution in [1.82, 2.24) is 9.97 Å². The van der Waals surface area contributed by atoms with E-state index in [-0.39, 0.29) is 22.1 Å². The Hall–Kier alpha value is -3.62. The van der Waals surface area contributed by atoms with Gasteiger partial charge in [0.2, 0.25) is 11.8 Å². The first-order valence-corrected chi connectivity index (χ1v) is 10.1. The number of anilines is 2. The molecule has 0 aliphatic heterocycles. The third-order valence-electron chi connectivity index (χ3n) is 4.38. The van der Waals surface area contributed by atoms with Gasteiger partial charge < -0.3 is 20.4 Å². The minimum atomic E-state index is -0.682. The lowest BCUT2D eigenvalue weighted by Gasteiger charge is -2.11. The fourth-order valence-corrected chi connectivity index (χ4v) is 3.28. The number of fused-ring (bicyclic) bond motifs is 1. The Balaban J connectivity index is 1.38. The van der Waals surface area contributed by atoms with Gasteiger partial charge in [-0.2, -0.15) is 0 Å². The minimum Gasteiger partial charge on any atom is -0.453 e. The summed E-state index contributed by atoms with van der Waals surface area (Å²) in [5.74, 6) is -1.50. The first-order chi connectivity index (χ1) is 15.4. The molecule has 0 fully saturated rings. The Morgan fingerprint density at radius 2 is 1.81 bits per heavy atom. The molecule has 0 spiro atoms. The molecule has 2 heterocycles. The summed E-state index contributed by atoms with van der Waals surface area (Å²) in [4.78, 5) is 31.4. The Morgan fingerprint density at radius 1 is 1.00 bits per heavy atom. The zero-order valence-electron chi connectivity index (χ0n) is 16.3. The van der Waals surface area contributed by atoms with Crippen LogP contribution in [0.3, 0.4) is 0 Å². The highest BCUT2D eigenvalue weighted by atomic mass is 35.5. The maximum atomic E-state index is 14.5. The molecule has 0 atom stereocenters. The van der Waals surface area contributed by atoms with Crippen LogP contribution in [0.1, 0.15) is 6.42 Å². The molecule has 4 aromatic rings. The number of ether oxygens (including phenoxy) is 1. The lowest BCUT2D eigenvalue weighted by Crippen LogP contribution is -2.21. The predicted molar refractivity (Wildman–Crippen MR) is 121 cm³/mol. The van der Waals surface area contributed by atoms with Crippen LogP contribution in [-0.2, 0) is 9.59 Å². The van der Waals surface area contributed by atoms with Crippen molar-refractivity contribution >= 4 is 57.4 Å². The van der Waals surface area contributed by atoms with Crippen LogP contribution in [0.25, 0.3) is 11.0 Å². The third kappa shape index (κ3) is 4.99. The number of nitrogens with zero attached hydrogens (tertiary/aromatic N) is 1. The molecule has 2 amide bonds. The number of H-pyrrole nitrogens is 1. The highest BCUT2D eigenvalue weighted by molar-refractivity contribution is 6.35. The Bertz CT molecular complexity index is 1330. The van der Waals surface area contributed by atoms with E-state index in [1.165, 1.54) is 24.3 Å². The predicted octanol–water partition coefficient (Wildman–Crippen LogP) is 5.77. The Kier molecular flexibility index (Phi) is 6.25. The number of aromatic nitrogens is 2. The molecule has 0 saturated heterocycles. The second-order valence-electron chi connectivity index (χ2n) is 6.69. The van der Waals surface area contributed by atoms with E-state index >= 15 is 0 Å². The second-order valence-corrected chi connectivity index (χ2v) is 7.54. The van der Waals surface area contributed by atoms with Crippen LogP contribution >= 0.6 is 23.2 Å². The van der Waals surface area contributed by atoms with Crippen molar-refractivity contribution in [2.45, 2.75) is 6.42 Å². The molecule has 10 heteroatoms. The maximum absolute atomic E-state index is 14.5. The molecule has 32 heavy (non-hydrogen) atoms. The highest BCUT2D eigenvalue weighted by Gasteiger charge is 2.14. The molecule has 2 aromatic heterocycles. The number of hydrogen-bond donors (Lipinski definition) is 3. The van der Waals surface area contributed by atoms with Gasteiger partial charge in [-0.05, 0) is 42.5 Å². The Morgan fingerprint density at radius 3 is 2.62 bits per heavy atom. The van der Waals surface area contributed by atoms with E-state index in [1.807, 2.05) is 0 Å². The third-order valence-corrected chi connectivity index (χ3v) is 4.94. The Labute approximate surface area is 191 Å². The van der Waals surface area contributed by atoms with E-state index in [1.54, 1.807) is 30.6 Å². The monoisotopic (exact) mass is 472 g/mol. The average Bonchev–Trinajstić information content (AvgIpc) is 3.22. The zero-order chi connectivity index (χ0) is 22.7. The first kappa shape index (κ1) is 21.6. The maximum Gasteiger partial charge on any atom is 0.233 e. The number of amides is 2. The first-order valence-electron chi connectivity index (χ1n) is 9.33. The largest absolute Gasteiger partial charge is 0.453 e. The summed E-state index contributed by atoms with van der Waals surface area (Å²) < 4.78 is 20.2. The second kappa shape index (κ2) is 9.25. The molecule has 4 rings (SSSR count). The number of carbonyl (C=O) groups excluding carboxylic acids is 2. The van der Waals surface area contributed by atoms with Crippen LogP contribution < -0.4 is 15.4 Å². The number of hydrogen-bond acceptors (Lipinski definition) is 4. The van der Waals surface area contributed by atoms with Crippen molar-refractivity contribution in [1.29, 1.82) is 0 Å². The van der Waals surface area contributed by atoms with Crippen molar-refractivity contribution in [2.24, 2.45) is 0 Å². The SMILES string of the molecule is O=C(CC(=O)Nc1cc(Cl)ccc1Cl)Nc1ccc(Oc2ccnc3[nH]ccc23)c(F)c1. The van der Waals surface area contributed by atoms with Gasteiger partial charge in [0.25, 0.3) is 0 Å². The summed E-state index contributed by atoms with van der Waals surface area (Å²) in [6.45, 7) is 0. The van der Waals surface area contributed by atoms with Gasteiger partial charge in [0, 0.05) is 29.2 Å². The molecule has 0 saturated carbocycles. The summed E-state index contributed by atoms with van der Waals surface area (Å²) >= 11 is 11.9. The van der Waals surface area contributed by atoms with Gasteiger partial charge in [0.05, 0.1) is 16.1 Å². The van der Waals surface area contributed by atoms with Gasteiger partial charge in [0.1, 0.15) is 17.8 Å². The average molecular weight is 473 g/mol. The summed E-state index contributed by atoms with van der Waals surface area (Å²) in [6, 6.07) is 11.9. The van der Waals surface area contributed by atoms with Crippen molar-refractivity contribution < 1.29 is 18.7 Å². The van der Waals surface area contributed by atoms with Crippen molar-refractivity contribution in [3.05, 3.63) is 76.8 Å². The molecule has 0 unspecified atom stereocenters. The van der Waals surface area contributed by atoms with Gasteiger partial charge >= 0.3 is 0 Å². The lowest BCUT2D eigenvalue weighted by molar-refractivity contribution is -0.123. The number of benzene rings is 2. The van der Waals surface area contributed by atoms with E-state index in [0.29, 0.717) is 21.8 Å². The van der Waals surface area contributed by atoms with Crippen LogP contribution in [-0.4, -0.2) is 21.8 Å². The van der Waals surface area contributed by atoms with Crippen LogP contribution in [0, 0.1) is 5.82 Å². The van der Waals surface area contributed by atoms with Crippen LogP contribution in [0.5, 0.6) is 11.5 Å². The lowest BCUT2D eigenvalue weighted by atomic mass is 10.2. The molecule has 3 N–H and O–H groups in total. The van der Waals surface area contributed by atoms with Gasteiger partial charge in [-0.3, -0.25) is 9.59 Å². The fourth-order valence-electron chi connectivity index (χ4n) is 2.94. The van der Waals surface area contributed by atoms with E-state index in [4.69, 9.17) is 27.9 Å². The fraction of sp³-hybridized carbons (Fsp3) is 0.0455. The number of rotatable bonds is 6. The van der Waals surface area contributed by atoms with Gasteiger partial charge in [-0.25, -0.2) is 9.37 Å². The van der Waals surface area contributed by atoms with E-state index in [2.05, 4.69) is 20.6 Å². The van der Waals surface area contributed by atoms with Crippen LogP contribution in [0.4, 0.5) is 15.8 Å². The molecule has 0 bridgehead atoms. The van der Waals surface area contributed by atoms with Crippen LogP contribution in [0.15, 0.2) is 60.9 Å². The van der Waals surface area contributed by atoms with Crippen molar-refractivity contribution in [2.75, 3.05) is 10.6 Å². The number of carbonyl (C=O) groups is 2. The van der Waals surface area contributed by atoms with Crippen molar-refractivity contribution in [3.8, 4) is 11.5 Å². The van der Waals surface area contributed by atoms with Crippen LogP contribution in [0.2, 0.25) is 10.0 Å². The summed E-state index contributed by atoms with van der Waals surface area (Å²) in [5, 5.41) is 6.36. The zero-order valence-corrected chi connectivity index (χ0v) is 17.8. The summed E-state index contributed by atoms with van der Waals surface area (Å²) in [6.07, 6.45) is 2.75. The number of halogens is 3. The van der Waals surface area contributed by atoms with E-state index in [9.17, 15) is 14.0 Å². The molecule has 0 aliphatic rings. The smallest absolute Gasteiger partial charge is 0.233 e. The molecule has 0 aliphatic carbocycles. The molecule has 7 nitrogen and oxygen atoms in total. The normalized spacial score (nSPS) is 10.7. The quantitative estimate of drug-likeness (QED) is 0.310. The van der Waals surface area contributed by atoms with E-state index < -0.39 is 24.1 Å². The molecular formula is C22H15Cl2FN4O3.